The quantitative estimate of drug-likeness (QED) is 0.399. The zero-order chi connectivity index (χ0) is 26.0. The van der Waals surface area contributed by atoms with Crippen molar-refractivity contribution in [3.63, 3.8) is 0 Å². The number of aromatic hydroxyl groups is 1. The SMILES string of the molecule is C[C@@H](OC(=O)CCc1cc(C(C)(C)C)c(O)c(C(C)(C)C)c1)C(=O)Nc1ccc(F)c(F)c1F. The highest BCUT2D eigenvalue weighted by atomic mass is 19.2. The topological polar surface area (TPSA) is 75.6 Å². The Morgan fingerprint density at radius 2 is 1.50 bits per heavy atom. The highest BCUT2D eigenvalue weighted by Crippen LogP contribution is 2.40. The molecule has 0 aliphatic rings. The molecule has 1 atom stereocenters. The molecule has 0 aromatic heterocycles. The molecule has 0 fully saturated rings. The molecule has 0 saturated carbocycles. The van der Waals surface area contributed by atoms with E-state index >= 15 is 0 Å². The number of carbonyl (C=O) groups is 2. The van der Waals surface area contributed by atoms with Crippen LogP contribution in [0, 0.1) is 17.5 Å². The van der Waals surface area contributed by atoms with E-state index in [0.29, 0.717) is 12.5 Å². The number of phenols is 1. The van der Waals surface area contributed by atoms with E-state index < -0.39 is 41.1 Å². The van der Waals surface area contributed by atoms with Gasteiger partial charge in [0.05, 0.1) is 5.69 Å². The molecule has 1 amide bonds. The molecule has 0 aliphatic heterocycles. The summed E-state index contributed by atoms with van der Waals surface area (Å²) in [5.74, 6) is -5.93. The van der Waals surface area contributed by atoms with Gasteiger partial charge in [-0.2, -0.15) is 0 Å². The highest BCUT2D eigenvalue weighted by molar-refractivity contribution is 5.95. The van der Waals surface area contributed by atoms with E-state index in [1.807, 2.05) is 53.7 Å². The van der Waals surface area contributed by atoms with E-state index in [4.69, 9.17) is 4.74 Å². The number of halogens is 3. The highest BCUT2D eigenvalue weighted by Gasteiger charge is 2.27. The second-order valence-corrected chi connectivity index (χ2v) is 10.4. The lowest BCUT2D eigenvalue weighted by Gasteiger charge is -2.28. The molecule has 34 heavy (non-hydrogen) atoms. The first-order valence-corrected chi connectivity index (χ1v) is 11.0. The molecule has 186 valence electrons. The van der Waals surface area contributed by atoms with E-state index in [0.717, 1.165) is 22.8 Å². The number of amides is 1. The summed E-state index contributed by atoms with van der Waals surface area (Å²) in [6.07, 6.45) is -0.998. The standard InChI is InChI=1S/C26H32F3NO4/c1-14(24(33)30-19-10-9-18(27)21(28)22(19)29)34-20(31)11-8-15-12-16(25(2,3)4)23(32)17(13-15)26(5,6)7/h9-10,12-14,32H,8,11H2,1-7H3,(H,30,33)/t14-/m1/s1. The molecule has 2 aromatic carbocycles. The fraction of sp³-hybridized carbons (Fsp3) is 0.462. The number of hydrogen-bond acceptors (Lipinski definition) is 4. The van der Waals surface area contributed by atoms with Crippen LogP contribution in [0.5, 0.6) is 5.75 Å². The smallest absolute Gasteiger partial charge is 0.306 e. The minimum Gasteiger partial charge on any atom is -0.507 e. The Morgan fingerprint density at radius 1 is 0.971 bits per heavy atom. The van der Waals surface area contributed by atoms with Gasteiger partial charge in [-0.05, 0) is 53.0 Å². The Hall–Kier alpha value is -3.03. The van der Waals surface area contributed by atoms with Crippen LogP contribution in [-0.2, 0) is 31.6 Å². The Morgan fingerprint density at radius 3 is 2.00 bits per heavy atom. The first kappa shape index (κ1) is 27.2. The predicted molar refractivity (Wildman–Crippen MR) is 124 cm³/mol. The molecule has 0 saturated heterocycles. The first-order valence-electron chi connectivity index (χ1n) is 11.0. The largest absolute Gasteiger partial charge is 0.507 e. The number of aryl methyl sites for hydroxylation is 1. The second-order valence-electron chi connectivity index (χ2n) is 10.4. The third kappa shape index (κ3) is 6.52. The third-order valence-electron chi connectivity index (χ3n) is 5.37. The molecule has 2 N–H and O–H groups in total. The molecule has 0 unspecified atom stereocenters. The Balaban J connectivity index is 2.08. The molecule has 0 bridgehead atoms. The van der Waals surface area contributed by atoms with Crippen LogP contribution in [0.3, 0.4) is 0 Å². The summed E-state index contributed by atoms with van der Waals surface area (Å²) < 4.78 is 45.3. The lowest BCUT2D eigenvalue weighted by atomic mass is 9.78. The van der Waals surface area contributed by atoms with Gasteiger partial charge in [-0.15, -0.1) is 0 Å². The van der Waals surface area contributed by atoms with Crippen molar-refractivity contribution >= 4 is 17.6 Å². The molecule has 0 heterocycles. The maximum absolute atomic E-state index is 13.8. The van der Waals surface area contributed by atoms with Gasteiger partial charge in [-0.3, -0.25) is 9.59 Å². The summed E-state index contributed by atoms with van der Waals surface area (Å²) >= 11 is 0. The number of nitrogens with one attached hydrogen (secondary N) is 1. The van der Waals surface area contributed by atoms with Crippen LogP contribution in [0.15, 0.2) is 24.3 Å². The number of carbonyl (C=O) groups excluding carboxylic acids is 2. The molecule has 8 heteroatoms. The van der Waals surface area contributed by atoms with Crippen molar-refractivity contribution in [2.45, 2.75) is 78.2 Å². The zero-order valence-electron chi connectivity index (χ0n) is 20.6. The average molecular weight is 480 g/mol. The maximum Gasteiger partial charge on any atom is 0.306 e. The van der Waals surface area contributed by atoms with Crippen LogP contribution in [-0.4, -0.2) is 23.1 Å². The van der Waals surface area contributed by atoms with Gasteiger partial charge in [0.15, 0.2) is 23.6 Å². The molecule has 0 spiro atoms. The summed E-state index contributed by atoms with van der Waals surface area (Å²) in [6, 6.07) is 5.28. The van der Waals surface area contributed by atoms with E-state index in [1.165, 1.54) is 6.92 Å². The van der Waals surface area contributed by atoms with Crippen LogP contribution >= 0.6 is 0 Å². The van der Waals surface area contributed by atoms with E-state index in [1.54, 1.807) is 0 Å². The molecule has 0 aliphatic carbocycles. The number of ether oxygens (including phenoxy) is 1. The van der Waals surface area contributed by atoms with Crippen LogP contribution in [0.1, 0.15) is 71.6 Å². The fourth-order valence-electron chi connectivity index (χ4n) is 3.39. The average Bonchev–Trinajstić information content (AvgIpc) is 2.71. The van der Waals surface area contributed by atoms with E-state index in [-0.39, 0.29) is 23.0 Å². The normalized spacial score (nSPS) is 12.9. The Kier molecular flexibility index (Phi) is 8.06. The van der Waals surface area contributed by atoms with Crippen LogP contribution in [0.2, 0.25) is 0 Å². The molecule has 2 aromatic rings. The number of rotatable bonds is 6. The third-order valence-corrected chi connectivity index (χ3v) is 5.37. The fourth-order valence-corrected chi connectivity index (χ4v) is 3.39. The first-order chi connectivity index (χ1) is 15.5. The van der Waals surface area contributed by atoms with Gasteiger partial charge in [0.1, 0.15) is 5.75 Å². The van der Waals surface area contributed by atoms with Gasteiger partial charge >= 0.3 is 5.97 Å². The van der Waals surface area contributed by atoms with Crippen molar-refractivity contribution < 1.29 is 32.6 Å². The van der Waals surface area contributed by atoms with Crippen LogP contribution < -0.4 is 5.32 Å². The predicted octanol–water partition coefficient (Wildman–Crippen LogP) is 5.91. The van der Waals surface area contributed by atoms with E-state index in [2.05, 4.69) is 5.32 Å². The van der Waals surface area contributed by atoms with Crippen LogP contribution in [0.25, 0.3) is 0 Å². The Bertz CT molecular complexity index is 1050. The second kappa shape index (κ2) is 10.1. The lowest BCUT2D eigenvalue weighted by molar-refractivity contribution is -0.153. The van der Waals surface area contributed by atoms with Crippen LogP contribution in [0.4, 0.5) is 18.9 Å². The van der Waals surface area contributed by atoms with Crippen molar-refractivity contribution in [3.8, 4) is 5.75 Å². The van der Waals surface area contributed by atoms with Gasteiger partial charge < -0.3 is 15.2 Å². The number of anilines is 1. The van der Waals surface area contributed by atoms with Gasteiger partial charge in [0, 0.05) is 6.42 Å². The minimum atomic E-state index is -1.71. The van der Waals surface area contributed by atoms with Crippen molar-refractivity contribution in [1.29, 1.82) is 0 Å². The van der Waals surface area contributed by atoms with Gasteiger partial charge in [-0.1, -0.05) is 53.7 Å². The van der Waals surface area contributed by atoms with Crippen molar-refractivity contribution in [1.82, 2.24) is 0 Å². The maximum atomic E-state index is 13.8. The molecule has 2 rings (SSSR count). The number of hydrogen-bond donors (Lipinski definition) is 2. The van der Waals surface area contributed by atoms with Gasteiger partial charge in [-0.25, -0.2) is 13.2 Å². The summed E-state index contributed by atoms with van der Waals surface area (Å²) in [6.45, 7) is 13.2. The number of esters is 1. The van der Waals surface area contributed by atoms with Crippen molar-refractivity contribution in [2.75, 3.05) is 5.32 Å². The summed E-state index contributed by atoms with van der Waals surface area (Å²) in [5, 5.41) is 12.9. The zero-order valence-corrected chi connectivity index (χ0v) is 20.6. The van der Waals surface area contributed by atoms with Gasteiger partial charge in [0.2, 0.25) is 0 Å². The number of benzene rings is 2. The number of phenolic OH excluding ortho intramolecular Hbond substituents is 1. The molecular weight excluding hydrogens is 447 g/mol. The van der Waals surface area contributed by atoms with Gasteiger partial charge in [0.25, 0.3) is 5.91 Å². The molecular formula is C26H32F3NO4. The van der Waals surface area contributed by atoms with Crippen molar-refractivity contribution in [3.05, 3.63) is 58.4 Å². The van der Waals surface area contributed by atoms with Crippen molar-refractivity contribution in [2.24, 2.45) is 0 Å². The lowest BCUT2D eigenvalue weighted by Crippen LogP contribution is -2.30. The monoisotopic (exact) mass is 479 g/mol. The molecule has 0 radical (unpaired) electrons. The summed E-state index contributed by atoms with van der Waals surface area (Å²) in [4.78, 5) is 24.6. The Labute approximate surface area is 198 Å². The van der Waals surface area contributed by atoms with E-state index in [9.17, 15) is 27.9 Å². The summed E-state index contributed by atoms with van der Waals surface area (Å²) in [5.41, 5.74) is 1.19. The summed E-state index contributed by atoms with van der Waals surface area (Å²) in [7, 11) is 0. The minimum absolute atomic E-state index is 0.0326. The molecule has 5 nitrogen and oxygen atoms in total.